The number of nitrogens with one attached hydrogen (secondary N) is 1. The molecule has 0 spiro atoms. The van der Waals surface area contributed by atoms with Crippen LogP contribution in [0.2, 0.25) is 0 Å². The van der Waals surface area contributed by atoms with Crippen LogP contribution in [0.5, 0.6) is 0 Å². The molecule has 30 heavy (non-hydrogen) atoms. The van der Waals surface area contributed by atoms with E-state index in [0.29, 0.717) is 18.7 Å². The molecule has 2 aromatic carbocycles. The van der Waals surface area contributed by atoms with Gasteiger partial charge in [-0.15, -0.1) is 0 Å². The molecule has 2 saturated heterocycles. The second kappa shape index (κ2) is 8.78. The normalized spacial score (nSPS) is 17.8. The fourth-order valence-corrected chi connectivity index (χ4v) is 5.81. The number of nitrogens with zero attached hydrogens (tertiary/aromatic N) is 2. The number of hydrogen-bond donors (Lipinski definition) is 1. The highest BCUT2D eigenvalue weighted by Crippen LogP contribution is 2.30. The summed E-state index contributed by atoms with van der Waals surface area (Å²) in [7, 11) is -3.58. The maximum absolute atomic E-state index is 13.1. The molecule has 0 atom stereocenters. The molecule has 1 N–H and O–H groups in total. The van der Waals surface area contributed by atoms with Crippen molar-refractivity contribution in [1.82, 2.24) is 4.31 Å². The van der Waals surface area contributed by atoms with Crippen LogP contribution in [0, 0.1) is 6.92 Å². The summed E-state index contributed by atoms with van der Waals surface area (Å²) in [4.78, 5) is 15.6. The van der Waals surface area contributed by atoms with Crippen molar-refractivity contribution in [2.45, 2.75) is 43.9 Å². The molecule has 6 nitrogen and oxygen atoms in total. The van der Waals surface area contributed by atoms with Crippen molar-refractivity contribution in [2.75, 3.05) is 36.4 Å². The van der Waals surface area contributed by atoms with Gasteiger partial charge in [0.05, 0.1) is 16.3 Å². The molecule has 0 unspecified atom stereocenters. The van der Waals surface area contributed by atoms with Crippen molar-refractivity contribution >= 4 is 27.3 Å². The van der Waals surface area contributed by atoms with Crippen molar-refractivity contribution in [3.8, 4) is 0 Å². The van der Waals surface area contributed by atoms with Gasteiger partial charge in [0.25, 0.3) is 5.91 Å². The van der Waals surface area contributed by atoms with Crippen molar-refractivity contribution in [3.05, 3.63) is 53.6 Å². The zero-order valence-corrected chi connectivity index (χ0v) is 18.2. The average Bonchev–Trinajstić information content (AvgIpc) is 3.29. The van der Waals surface area contributed by atoms with E-state index >= 15 is 0 Å². The fraction of sp³-hybridized carbons (Fsp3) is 0.435. The van der Waals surface area contributed by atoms with Crippen LogP contribution in [-0.4, -0.2) is 44.8 Å². The minimum absolute atomic E-state index is 0.188. The predicted octanol–water partition coefficient (Wildman–Crippen LogP) is 4.02. The molecule has 2 aliphatic heterocycles. The van der Waals surface area contributed by atoms with Crippen molar-refractivity contribution < 1.29 is 13.2 Å². The first-order valence-corrected chi connectivity index (χ1v) is 12.2. The Hall–Kier alpha value is -2.38. The van der Waals surface area contributed by atoms with Gasteiger partial charge in [-0.05, 0) is 62.4 Å². The lowest BCUT2D eigenvalue weighted by Crippen LogP contribution is -2.35. The predicted molar refractivity (Wildman–Crippen MR) is 120 cm³/mol. The van der Waals surface area contributed by atoms with Gasteiger partial charge in [0, 0.05) is 31.7 Å². The number of sulfonamides is 1. The van der Waals surface area contributed by atoms with Crippen LogP contribution in [0.4, 0.5) is 11.4 Å². The lowest BCUT2D eigenvalue weighted by atomic mass is 10.1. The van der Waals surface area contributed by atoms with Gasteiger partial charge < -0.3 is 10.2 Å². The first-order valence-electron chi connectivity index (χ1n) is 10.7. The topological polar surface area (TPSA) is 69.7 Å². The van der Waals surface area contributed by atoms with Crippen LogP contribution in [0.1, 0.15) is 48.0 Å². The van der Waals surface area contributed by atoms with E-state index in [4.69, 9.17) is 0 Å². The minimum Gasteiger partial charge on any atom is -0.370 e. The van der Waals surface area contributed by atoms with Gasteiger partial charge in [0.15, 0.2) is 0 Å². The number of aryl methyl sites for hydroxylation is 1. The number of benzene rings is 2. The van der Waals surface area contributed by atoms with Crippen LogP contribution in [0.25, 0.3) is 0 Å². The molecule has 0 aliphatic carbocycles. The Morgan fingerprint density at radius 3 is 2.30 bits per heavy atom. The summed E-state index contributed by atoms with van der Waals surface area (Å²) in [6.07, 6.45) is 5.12. The molecular formula is C23H29N3O3S. The third-order valence-corrected chi connectivity index (χ3v) is 7.90. The summed E-state index contributed by atoms with van der Waals surface area (Å²) in [5.74, 6) is -0.283. The van der Waals surface area contributed by atoms with Crippen LogP contribution in [0.3, 0.4) is 0 Å². The van der Waals surface area contributed by atoms with Crippen molar-refractivity contribution in [3.63, 3.8) is 0 Å². The Bertz CT molecular complexity index is 1020. The number of carbonyl (C=O) groups is 1. The average molecular weight is 428 g/mol. The van der Waals surface area contributed by atoms with Gasteiger partial charge in [0.1, 0.15) is 0 Å². The van der Waals surface area contributed by atoms with Crippen LogP contribution in [-0.2, 0) is 10.0 Å². The zero-order chi connectivity index (χ0) is 21.1. The Labute approximate surface area is 178 Å². The van der Waals surface area contributed by atoms with Gasteiger partial charge in [-0.3, -0.25) is 4.79 Å². The number of piperidine rings is 1. The number of para-hydroxylation sites is 2. The van der Waals surface area contributed by atoms with E-state index in [1.807, 2.05) is 31.2 Å². The molecular weight excluding hydrogens is 398 g/mol. The van der Waals surface area contributed by atoms with Crippen LogP contribution >= 0.6 is 0 Å². The standard InChI is InChI=1S/C23H29N3O3S/c1-18-11-12-19(30(28,29)26-15-5-2-6-16-26)17-20(18)23(27)24-21-9-3-4-10-22(21)25-13-7-8-14-25/h3-4,9-12,17H,2,5-8,13-16H2,1H3,(H,24,27). The number of anilines is 2. The van der Waals surface area contributed by atoms with E-state index in [-0.39, 0.29) is 10.8 Å². The second-order valence-corrected chi connectivity index (χ2v) is 10.0. The fourth-order valence-electron chi connectivity index (χ4n) is 4.26. The summed E-state index contributed by atoms with van der Waals surface area (Å²) < 4.78 is 27.6. The van der Waals surface area contributed by atoms with E-state index in [2.05, 4.69) is 10.2 Å². The number of amides is 1. The van der Waals surface area contributed by atoms with E-state index in [9.17, 15) is 13.2 Å². The summed E-state index contributed by atoms with van der Waals surface area (Å²) >= 11 is 0. The summed E-state index contributed by atoms with van der Waals surface area (Å²) in [5.41, 5.74) is 2.92. The second-order valence-electron chi connectivity index (χ2n) is 8.11. The van der Waals surface area contributed by atoms with E-state index < -0.39 is 10.0 Å². The number of rotatable bonds is 5. The van der Waals surface area contributed by atoms with Gasteiger partial charge >= 0.3 is 0 Å². The molecule has 0 aromatic heterocycles. The van der Waals surface area contributed by atoms with Gasteiger partial charge in [-0.2, -0.15) is 4.31 Å². The number of carbonyl (C=O) groups excluding carboxylic acids is 1. The molecule has 4 rings (SSSR count). The Morgan fingerprint density at radius 1 is 0.900 bits per heavy atom. The maximum atomic E-state index is 13.1. The highest BCUT2D eigenvalue weighted by Gasteiger charge is 2.27. The zero-order valence-electron chi connectivity index (χ0n) is 17.4. The lowest BCUT2D eigenvalue weighted by Gasteiger charge is -2.26. The molecule has 2 aliphatic rings. The molecule has 2 heterocycles. The highest BCUT2D eigenvalue weighted by molar-refractivity contribution is 7.89. The molecule has 160 valence electrons. The van der Waals surface area contributed by atoms with Gasteiger partial charge in [-0.25, -0.2) is 8.42 Å². The Kier molecular flexibility index (Phi) is 6.11. The van der Waals surface area contributed by atoms with Crippen molar-refractivity contribution in [2.24, 2.45) is 0 Å². The Balaban J connectivity index is 1.60. The van der Waals surface area contributed by atoms with Crippen LogP contribution < -0.4 is 10.2 Å². The third-order valence-electron chi connectivity index (χ3n) is 6.01. The van der Waals surface area contributed by atoms with Gasteiger partial charge in [-0.1, -0.05) is 24.6 Å². The number of hydrogen-bond acceptors (Lipinski definition) is 4. The quantitative estimate of drug-likeness (QED) is 0.782. The first kappa shape index (κ1) is 20.9. The summed E-state index contributed by atoms with van der Waals surface area (Å²) in [6, 6.07) is 12.6. The first-order chi connectivity index (χ1) is 14.5. The molecule has 7 heteroatoms. The SMILES string of the molecule is Cc1ccc(S(=O)(=O)N2CCCCC2)cc1C(=O)Nc1ccccc1N1CCCC1. The summed E-state index contributed by atoms with van der Waals surface area (Å²) in [5, 5.41) is 3.01. The van der Waals surface area contributed by atoms with Crippen LogP contribution in [0.15, 0.2) is 47.4 Å². The lowest BCUT2D eigenvalue weighted by molar-refractivity contribution is 0.102. The van der Waals surface area contributed by atoms with E-state index in [0.717, 1.165) is 62.1 Å². The van der Waals surface area contributed by atoms with E-state index in [1.165, 1.54) is 10.4 Å². The molecule has 2 aromatic rings. The minimum atomic E-state index is -3.58. The van der Waals surface area contributed by atoms with Gasteiger partial charge in [0.2, 0.25) is 10.0 Å². The molecule has 2 fully saturated rings. The largest absolute Gasteiger partial charge is 0.370 e. The molecule has 0 bridgehead atoms. The molecule has 1 amide bonds. The Morgan fingerprint density at radius 2 is 1.57 bits per heavy atom. The molecule has 0 saturated carbocycles. The summed E-state index contributed by atoms with van der Waals surface area (Å²) in [6.45, 7) is 4.88. The van der Waals surface area contributed by atoms with Crippen molar-refractivity contribution in [1.29, 1.82) is 0 Å². The third kappa shape index (κ3) is 4.23. The monoisotopic (exact) mass is 427 g/mol. The maximum Gasteiger partial charge on any atom is 0.256 e. The highest BCUT2D eigenvalue weighted by atomic mass is 32.2. The smallest absolute Gasteiger partial charge is 0.256 e. The molecule has 0 radical (unpaired) electrons. The van der Waals surface area contributed by atoms with E-state index in [1.54, 1.807) is 12.1 Å².